The lowest BCUT2D eigenvalue weighted by Crippen LogP contribution is -2.60. The molecule has 0 aromatic heterocycles. The van der Waals surface area contributed by atoms with Gasteiger partial charge < -0.3 is 40.3 Å². The molecular weight excluding hydrogens is 827 g/mol. The number of amides is 1. The average Bonchev–Trinajstić information content (AvgIpc) is 3.32. The first-order valence-electron chi connectivity index (χ1n) is 29.2. The molecule has 1 amide bonds. The molecule has 66 heavy (non-hydrogen) atoms. The van der Waals surface area contributed by atoms with Crippen molar-refractivity contribution in [2.75, 3.05) is 13.2 Å². The Hall–Kier alpha value is -0.810. The highest BCUT2D eigenvalue weighted by atomic mass is 16.7. The summed E-state index contributed by atoms with van der Waals surface area (Å²) < 4.78 is 11.3. The van der Waals surface area contributed by atoms with Crippen LogP contribution in [0.2, 0.25) is 0 Å². The lowest BCUT2D eigenvalue weighted by Gasteiger charge is -2.40. The Morgan fingerprint density at radius 1 is 0.455 bits per heavy atom. The van der Waals surface area contributed by atoms with E-state index >= 15 is 0 Å². The lowest BCUT2D eigenvalue weighted by atomic mass is 9.99. The van der Waals surface area contributed by atoms with Gasteiger partial charge in [0.2, 0.25) is 5.91 Å². The highest BCUT2D eigenvalue weighted by molar-refractivity contribution is 5.76. The first-order valence-corrected chi connectivity index (χ1v) is 29.2. The number of aliphatic hydroxyl groups is 5. The number of hydrogen-bond acceptors (Lipinski definition) is 8. The summed E-state index contributed by atoms with van der Waals surface area (Å²) in [5.74, 6) is -0.136. The maximum atomic E-state index is 13.1. The molecule has 394 valence electrons. The van der Waals surface area contributed by atoms with Crippen molar-refractivity contribution in [2.45, 2.75) is 346 Å². The molecule has 9 heteroatoms. The molecule has 1 aliphatic rings. The Balaban J connectivity index is 2.18. The van der Waals surface area contributed by atoms with E-state index in [9.17, 15) is 30.3 Å². The molecule has 7 atom stereocenters. The molecule has 0 radical (unpaired) electrons. The van der Waals surface area contributed by atoms with E-state index in [-0.39, 0.29) is 12.5 Å². The van der Waals surface area contributed by atoms with Crippen molar-refractivity contribution in [3.05, 3.63) is 0 Å². The molecule has 6 N–H and O–H groups in total. The number of aliphatic hydroxyl groups excluding tert-OH is 5. The molecule has 1 saturated heterocycles. The first-order chi connectivity index (χ1) is 32.3. The van der Waals surface area contributed by atoms with Crippen LogP contribution in [-0.2, 0) is 14.3 Å². The van der Waals surface area contributed by atoms with Crippen LogP contribution in [0.5, 0.6) is 0 Å². The van der Waals surface area contributed by atoms with E-state index in [1.165, 1.54) is 238 Å². The van der Waals surface area contributed by atoms with Gasteiger partial charge in [-0.3, -0.25) is 4.79 Å². The van der Waals surface area contributed by atoms with Crippen molar-refractivity contribution < 1.29 is 39.8 Å². The van der Waals surface area contributed by atoms with Crippen molar-refractivity contribution in [3.63, 3.8) is 0 Å². The van der Waals surface area contributed by atoms with Crippen molar-refractivity contribution in [2.24, 2.45) is 0 Å². The second-order valence-electron chi connectivity index (χ2n) is 20.8. The zero-order valence-corrected chi connectivity index (χ0v) is 43.7. The number of carbonyl (C=O) groups excluding carboxylic acids is 1. The predicted octanol–water partition coefficient (Wildman–Crippen LogP) is 14.2. The summed E-state index contributed by atoms with van der Waals surface area (Å²) in [4.78, 5) is 13.1. The van der Waals surface area contributed by atoms with Gasteiger partial charge in [-0.2, -0.15) is 0 Å². The number of unbranched alkanes of at least 4 members (excludes halogenated alkanes) is 41. The molecule has 1 aliphatic heterocycles. The fourth-order valence-electron chi connectivity index (χ4n) is 9.81. The largest absolute Gasteiger partial charge is 0.394 e. The topological polar surface area (TPSA) is 149 Å². The maximum absolute atomic E-state index is 13.1. The van der Waals surface area contributed by atoms with Crippen LogP contribution in [0.25, 0.3) is 0 Å². The smallest absolute Gasteiger partial charge is 0.220 e. The zero-order chi connectivity index (χ0) is 48.0. The summed E-state index contributed by atoms with van der Waals surface area (Å²) in [6, 6.07) is -0.713. The molecule has 1 fully saturated rings. The van der Waals surface area contributed by atoms with Crippen molar-refractivity contribution >= 4 is 5.91 Å². The van der Waals surface area contributed by atoms with Gasteiger partial charge in [-0.1, -0.05) is 284 Å². The third-order valence-electron chi connectivity index (χ3n) is 14.5. The van der Waals surface area contributed by atoms with E-state index < -0.39 is 49.5 Å². The number of ether oxygens (including phenoxy) is 2. The third kappa shape index (κ3) is 37.1. The van der Waals surface area contributed by atoms with Crippen molar-refractivity contribution in [1.82, 2.24) is 5.32 Å². The van der Waals surface area contributed by atoms with Crippen LogP contribution in [0, 0.1) is 0 Å². The maximum Gasteiger partial charge on any atom is 0.220 e. The molecule has 0 saturated carbocycles. The second-order valence-corrected chi connectivity index (χ2v) is 20.8. The van der Waals surface area contributed by atoms with Gasteiger partial charge in [-0.15, -0.1) is 0 Å². The van der Waals surface area contributed by atoms with Crippen molar-refractivity contribution in [3.8, 4) is 0 Å². The highest BCUT2D eigenvalue weighted by Crippen LogP contribution is 2.23. The average molecular weight is 941 g/mol. The summed E-state index contributed by atoms with van der Waals surface area (Å²) in [6.07, 6.45) is 49.9. The summed E-state index contributed by atoms with van der Waals surface area (Å²) in [7, 11) is 0. The molecule has 0 aliphatic carbocycles. The fraction of sp³-hybridized carbons (Fsp3) is 0.982. The van der Waals surface area contributed by atoms with Crippen LogP contribution in [0.1, 0.15) is 303 Å². The summed E-state index contributed by atoms with van der Waals surface area (Å²) in [5, 5.41) is 54.7. The van der Waals surface area contributed by atoms with Crippen molar-refractivity contribution in [1.29, 1.82) is 0 Å². The number of nitrogens with one attached hydrogen (secondary N) is 1. The van der Waals surface area contributed by atoms with Crippen LogP contribution >= 0.6 is 0 Å². The molecule has 7 unspecified atom stereocenters. The Morgan fingerprint density at radius 2 is 0.758 bits per heavy atom. The molecule has 0 aromatic carbocycles. The lowest BCUT2D eigenvalue weighted by molar-refractivity contribution is -0.302. The van der Waals surface area contributed by atoms with Gasteiger partial charge in [0.15, 0.2) is 6.29 Å². The van der Waals surface area contributed by atoms with Gasteiger partial charge in [-0.25, -0.2) is 0 Å². The van der Waals surface area contributed by atoms with Crippen LogP contribution in [0.3, 0.4) is 0 Å². The van der Waals surface area contributed by atoms with Crippen LogP contribution in [-0.4, -0.2) is 87.5 Å². The molecule has 9 nitrogen and oxygen atoms in total. The summed E-state index contributed by atoms with van der Waals surface area (Å²) >= 11 is 0. The summed E-state index contributed by atoms with van der Waals surface area (Å²) in [5.41, 5.74) is 0. The van der Waals surface area contributed by atoms with E-state index in [2.05, 4.69) is 19.2 Å². The monoisotopic (exact) mass is 940 g/mol. The normalized spacial score (nSPS) is 19.7. The van der Waals surface area contributed by atoms with E-state index in [1.807, 2.05) is 0 Å². The van der Waals surface area contributed by atoms with Crippen LogP contribution in [0.4, 0.5) is 0 Å². The van der Waals surface area contributed by atoms with E-state index in [0.29, 0.717) is 12.8 Å². The fourth-order valence-corrected chi connectivity index (χ4v) is 9.81. The first kappa shape index (κ1) is 63.2. The van der Waals surface area contributed by atoms with Crippen LogP contribution < -0.4 is 5.32 Å². The number of rotatable bonds is 51. The molecule has 0 aromatic rings. The van der Waals surface area contributed by atoms with Crippen LogP contribution in [0.15, 0.2) is 0 Å². The van der Waals surface area contributed by atoms with Gasteiger partial charge >= 0.3 is 0 Å². The number of hydrogen-bond donors (Lipinski definition) is 6. The zero-order valence-electron chi connectivity index (χ0n) is 43.7. The van der Waals surface area contributed by atoms with Gasteiger partial charge in [-0.05, 0) is 12.8 Å². The molecular formula is C57H113NO8. The Morgan fingerprint density at radius 3 is 1.08 bits per heavy atom. The minimum absolute atomic E-state index is 0.131. The molecule has 1 rings (SSSR count). The predicted molar refractivity (Wildman–Crippen MR) is 277 cm³/mol. The standard InChI is InChI=1S/C57H113NO8/c1-3-5-7-9-11-13-15-17-19-21-23-25-26-27-29-31-33-35-37-39-41-43-45-47-53(61)58-50(49-65-57-56(64)55(63)54(62)52(48-59)66-57)51(60)46-44-42-40-38-36-34-32-30-28-24-22-20-18-16-14-12-10-8-6-4-2/h50-52,54-57,59-60,62-64H,3-49H2,1-2H3,(H,58,61). The quantitative estimate of drug-likeness (QED) is 0.0330. The van der Waals surface area contributed by atoms with Gasteiger partial charge in [0.1, 0.15) is 24.4 Å². The minimum atomic E-state index is -1.55. The third-order valence-corrected chi connectivity index (χ3v) is 14.5. The second kappa shape index (κ2) is 47.8. The SMILES string of the molecule is CCCCCCCCCCCCCCCCCCCCCCCCCC(=O)NC(COC1OC(CO)C(O)C(O)C1O)C(O)CCCCCCCCCCCCCCCCCCCCCC. The van der Waals surface area contributed by atoms with Gasteiger partial charge in [0, 0.05) is 6.42 Å². The summed E-state index contributed by atoms with van der Waals surface area (Å²) in [6.45, 7) is 3.89. The molecule has 1 heterocycles. The van der Waals surface area contributed by atoms with E-state index in [4.69, 9.17) is 9.47 Å². The highest BCUT2D eigenvalue weighted by Gasteiger charge is 2.44. The Bertz CT molecular complexity index is 1000. The van der Waals surface area contributed by atoms with E-state index in [0.717, 1.165) is 38.5 Å². The number of carbonyl (C=O) groups is 1. The molecule has 0 bridgehead atoms. The van der Waals surface area contributed by atoms with E-state index in [1.54, 1.807) is 0 Å². The Labute approximate surface area is 408 Å². The Kier molecular flexibility index (Phi) is 45.8. The van der Waals surface area contributed by atoms with Gasteiger partial charge in [0.25, 0.3) is 0 Å². The molecule has 0 spiro atoms. The minimum Gasteiger partial charge on any atom is -0.394 e. The van der Waals surface area contributed by atoms with Gasteiger partial charge in [0.05, 0.1) is 25.4 Å².